The highest BCUT2D eigenvalue weighted by molar-refractivity contribution is 6.35. The third-order valence-corrected chi connectivity index (χ3v) is 5.09. The van der Waals surface area contributed by atoms with Crippen LogP contribution in [-0.2, 0) is 14.3 Å². The number of aromatic nitrogens is 1. The van der Waals surface area contributed by atoms with E-state index in [0.29, 0.717) is 24.6 Å². The minimum Gasteiger partial charge on any atom is -0.376 e. The van der Waals surface area contributed by atoms with Crippen LogP contribution in [0, 0.1) is 17.2 Å². The lowest BCUT2D eigenvalue weighted by Gasteiger charge is -2.33. The predicted molar refractivity (Wildman–Crippen MR) is 98.9 cm³/mol. The van der Waals surface area contributed by atoms with Crippen molar-refractivity contribution in [2.45, 2.75) is 31.8 Å². The Bertz CT molecular complexity index is 704. The van der Waals surface area contributed by atoms with Crippen LogP contribution in [-0.4, -0.2) is 55.7 Å². The Kier molecular flexibility index (Phi) is 6.60. The second-order valence-electron chi connectivity index (χ2n) is 6.97. The van der Waals surface area contributed by atoms with Crippen molar-refractivity contribution in [3.8, 4) is 6.07 Å². The smallest absolute Gasteiger partial charge is 0.309 e. The maximum Gasteiger partial charge on any atom is 0.309 e. The van der Waals surface area contributed by atoms with Crippen molar-refractivity contribution in [3.63, 3.8) is 0 Å². The lowest BCUT2D eigenvalue weighted by molar-refractivity contribution is -0.139. The van der Waals surface area contributed by atoms with E-state index in [1.54, 1.807) is 18.3 Å². The number of carbonyl (C=O) groups excluding carboxylic acids is 2. The van der Waals surface area contributed by atoms with Crippen LogP contribution >= 0.6 is 0 Å². The number of hydrogen-bond acceptors (Lipinski definition) is 6. The van der Waals surface area contributed by atoms with E-state index >= 15 is 0 Å². The summed E-state index contributed by atoms with van der Waals surface area (Å²) in [6.45, 7) is 3.14. The second-order valence-corrected chi connectivity index (χ2v) is 6.97. The van der Waals surface area contributed by atoms with E-state index in [0.717, 1.165) is 51.2 Å². The van der Waals surface area contributed by atoms with Crippen molar-refractivity contribution in [3.05, 3.63) is 23.9 Å². The highest BCUT2D eigenvalue weighted by Gasteiger charge is 2.24. The monoisotopic (exact) mass is 371 g/mol. The normalized spacial score (nSPS) is 20.1. The molecule has 0 spiro atoms. The zero-order valence-corrected chi connectivity index (χ0v) is 15.3. The summed E-state index contributed by atoms with van der Waals surface area (Å²) in [7, 11) is 0. The van der Waals surface area contributed by atoms with E-state index in [2.05, 4.69) is 26.6 Å². The molecule has 0 bridgehead atoms. The second kappa shape index (κ2) is 9.33. The maximum absolute atomic E-state index is 11.9. The van der Waals surface area contributed by atoms with Gasteiger partial charge < -0.3 is 20.3 Å². The highest BCUT2D eigenvalue weighted by Crippen LogP contribution is 2.23. The molecule has 2 aliphatic heterocycles. The van der Waals surface area contributed by atoms with Crippen molar-refractivity contribution >= 4 is 17.6 Å². The number of amides is 2. The molecule has 0 aromatic carbocycles. The Balaban J connectivity index is 1.38. The van der Waals surface area contributed by atoms with Gasteiger partial charge in [0.1, 0.15) is 11.9 Å². The van der Waals surface area contributed by atoms with E-state index in [-0.39, 0.29) is 6.10 Å². The van der Waals surface area contributed by atoms with Gasteiger partial charge in [0.25, 0.3) is 0 Å². The lowest BCUT2D eigenvalue weighted by atomic mass is 9.96. The van der Waals surface area contributed by atoms with Crippen molar-refractivity contribution in [2.75, 3.05) is 37.7 Å². The first-order valence-corrected chi connectivity index (χ1v) is 9.45. The summed E-state index contributed by atoms with van der Waals surface area (Å²) < 4.78 is 5.42. The minimum atomic E-state index is -0.602. The first-order valence-electron chi connectivity index (χ1n) is 9.45. The van der Waals surface area contributed by atoms with Gasteiger partial charge in [-0.15, -0.1) is 0 Å². The van der Waals surface area contributed by atoms with E-state index in [9.17, 15) is 14.9 Å². The van der Waals surface area contributed by atoms with Crippen molar-refractivity contribution < 1.29 is 14.3 Å². The van der Waals surface area contributed by atoms with Crippen LogP contribution in [0.2, 0.25) is 0 Å². The molecule has 144 valence electrons. The Labute approximate surface area is 158 Å². The number of nitrogens with zero attached hydrogens (tertiary/aromatic N) is 3. The van der Waals surface area contributed by atoms with Crippen LogP contribution in [0.1, 0.15) is 31.2 Å². The Hall–Kier alpha value is -2.66. The summed E-state index contributed by atoms with van der Waals surface area (Å²) in [5.74, 6) is -0.164. The molecule has 8 heteroatoms. The zero-order chi connectivity index (χ0) is 19.1. The van der Waals surface area contributed by atoms with Gasteiger partial charge >= 0.3 is 11.8 Å². The number of anilines is 1. The molecule has 0 unspecified atom stereocenters. The molecule has 0 saturated carbocycles. The van der Waals surface area contributed by atoms with Gasteiger partial charge in [0.2, 0.25) is 0 Å². The van der Waals surface area contributed by atoms with Crippen LogP contribution in [0.15, 0.2) is 18.3 Å². The number of nitrogens with one attached hydrogen (secondary N) is 2. The largest absolute Gasteiger partial charge is 0.376 e. The van der Waals surface area contributed by atoms with Crippen LogP contribution in [0.25, 0.3) is 0 Å². The predicted octanol–water partition coefficient (Wildman–Crippen LogP) is 0.581. The van der Waals surface area contributed by atoms with Gasteiger partial charge in [-0.3, -0.25) is 9.59 Å². The molecule has 3 rings (SSSR count). The molecule has 2 amide bonds. The molecule has 2 N–H and O–H groups in total. The Morgan fingerprint density at radius 2 is 1.96 bits per heavy atom. The van der Waals surface area contributed by atoms with E-state index in [1.165, 1.54) is 0 Å². The van der Waals surface area contributed by atoms with Crippen molar-refractivity contribution in [1.29, 1.82) is 5.26 Å². The molecular weight excluding hydrogens is 346 g/mol. The number of carbonyl (C=O) groups is 2. The third kappa shape index (κ3) is 5.17. The molecule has 8 nitrogen and oxygen atoms in total. The molecule has 2 saturated heterocycles. The molecule has 3 heterocycles. The van der Waals surface area contributed by atoms with Gasteiger partial charge in [0.05, 0.1) is 11.7 Å². The number of nitriles is 1. The average Bonchev–Trinajstić information content (AvgIpc) is 3.24. The van der Waals surface area contributed by atoms with Crippen molar-refractivity contribution in [1.82, 2.24) is 15.6 Å². The molecule has 27 heavy (non-hydrogen) atoms. The summed E-state index contributed by atoms with van der Waals surface area (Å²) in [6.07, 6.45) is 5.39. The summed E-state index contributed by atoms with van der Waals surface area (Å²) in [5, 5.41) is 14.6. The molecule has 1 aromatic rings. The summed E-state index contributed by atoms with van der Waals surface area (Å²) in [4.78, 5) is 30.2. The third-order valence-electron chi connectivity index (χ3n) is 5.09. The van der Waals surface area contributed by atoms with Crippen LogP contribution in [0.5, 0.6) is 0 Å². The molecule has 0 radical (unpaired) electrons. The first-order chi connectivity index (χ1) is 13.2. The first kappa shape index (κ1) is 19.1. The molecule has 2 fully saturated rings. The maximum atomic E-state index is 11.9. The van der Waals surface area contributed by atoms with Gasteiger partial charge in [-0.05, 0) is 43.7 Å². The molecule has 2 aliphatic rings. The van der Waals surface area contributed by atoms with E-state index in [4.69, 9.17) is 4.74 Å². The number of rotatable bonds is 5. The standard InChI is InChI=1S/C19H25N5O3/c20-11-15-3-1-7-21-17(15)24-8-5-14(6-9-24)12-22-18(25)19(26)23-13-16-4-2-10-27-16/h1,3,7,14,16H,2,4-6,8-10,12-13H2,(H,22,25)(H,23,26)/t16-/m0/s1. The zero-order valence-electron chi connectivity index (χ0n) is 15.3. The summed E-state index contributed by atoms with van der Waals surface area (Å²) >= 11 is 0. The van der Waals surface area contributed by atoms with E-state index in [1.807, 2.05) is 0 Å². The van der Waals surface area contributed by atoms with Gasteiger partial charge in [0, 0.05) is 39.0 Å². The topological polar surface area (TPSA) is 107 Å². The van der Waals surface area contributed by atoms with Gasteiger partial charge in [0.15, 0.2) is 0 Å². The quantitative estimate of drug-likeness (QED) is 0.733. The van der Waals surface area contributed by atoms with Crippen molar-refractivity contribution in [2.24, 2.45) is 5.92 Å². The fourth-order valence-corrected chi connectivity index (χ4v) is 3.49. The highest BCUT2D eigenvalue weighted by atomic mass is 16.5. The Morgan fingerprint density at radius 1 is 1.22 bits per heavy atom. The Morgan fingerprint density at radius 3 is 2.63 bits per heavy atom. The number of pyridine rings is 1. The van der Waals surface area contributed by atoms with Gasteiger partial charge in [-0.2, -0.15) is 5.26 Å². The number of ether oxygens (including phenoxy) is 1. The van der Waals surface area contributed by atoms with Gasteiger partial charge in [-0.1, -0.05) is 0 Å². The molecule has 1 atom stereocenters. The summed E-state index contributed by atoms with van der Waals surface area (Å²) in [6, 6.07) is 5.70. The summed E-state index contributed by atoms with van der Waals surface area (Å²) in [5.41, 5.74) is 0.576. The molecule has 1 aromatic heterocycles. The van der Waals surface area contributed by atoms with Crippen LogP contribution < -0.4 is 15.5 Å². The molecule has 0 aliphatic carbocycles. The minimum absolute atomic E-state index is 0.0241. The number of piperidine rings is 1. The fraction of sp³-hybridized carbons (Fsp3) is 0.579. The average molecular weight is 371 g/mol. The van der Waals surface area contributed by atoms with Gasteiger partial charge in [-0.25, -0.2) is 4.98 Å². The van der Waals surface area contributed by atoms with Crippen LogP contribution in [0.4, 0.5) is 5.82 Å². The fourth-order valence-electron chi connectivity index (χ4n) is 3.49. The van der Waals surface area contributed by atoms with Crippen LogP contribution in [0.3, 0.4) is 0 Å². The molecular formula is C19H25N5O3. The van der Waals surface area contributed by atoms with E-state index < -0.39 is 11.8 Å². The number of hydrogen-bond donors (Lipinski definition) is 2. The lowest BCUT2D eigenvalue weighted by Crippen LogP contribution is -2.45. The SMILES string of the molecule is N#Cc1cccnc1N1CCC(CNC(=O)C(=O)NC[C@@H]2CCCO2)CC1.